The van der Waals surface area contributed by atoms with Gasteiger partial charge in [0, 0.05) is 31.7 Å². The van der Waals surface area contributed by atoms with E-state index in [0.717, 1.165) is 6.42 Å². The lowest BCUT2D eigenvalue weighted by atomic mass is 9.97. The smallest absolute Gasteiger partial charge is 0.243 e. The number of piperidine rings is 1. The van der Waals surface area contributed by atoms with E-state index in [-0.39, 0.29) is 41.8 Å². The van der Waals surface area contributed by atoms with Gasteiger partial charge in [-0.25, -0.2) is 8.42 Å². The van der Waals surface area contributed by atoms with Gasteiger partial charge in [-0.05, 0) is 49.4 Å². The number of benzene rings is 1. The molecule has 3 rings (SSSR count). The molecule has 2 atom stereocenters. The van der Waals surface area contributed by atoms with Crippen LogP contribution >= 0.6 is 0 Å². The van der Waals surface area contributed by atoms with E-state index >= 15 is 0 Å². The maximum atomic E-state index is 13.1. The molecule has 2 saturated heterocycles. The number of hydrogen-bond donors (Lipinski definition) is 2. The van der Waals surface area contributed by atoms with Crippen LogP contribution in [0, 0.1) is 11.8 Å². The van der Waals surface area contributed by atoms with E-state index in [1.807, 2.05) is 13.8 Å². The molecule has 1 aromatic carbocycles. The third-order valence-corrected chi connectivity index (χ3v) is 7.82. The lowest BCUT2D eigenvalue weighted by Gasteiger charge is -2.32. The number of aliphatic hydroxyl groups excluding tert-OH is 1. The third kappa shape index (κ3) is 4.84. The molecule has 166 valence electrons. The van der Waals surface area contributed by atoms with Crippen LogP contribution in [0.15, 0.2) is 29.2 Å². The van der Waals surface area contributed by atoms with Crippen LogP contribution in [-0.2, 0) is 19.6 Å². The van der Waals surface area contributed by atoms with Gasteiger partial charge in [-0.1, -0.05) is 13.8 Å². The minimum absolute atomic E-state index is 0.0538. The van der Waals surface area contributed by atoms with E-state index in [1.54, 1.807) is 17.0 Å². The molecule has 0 aliphatic carbocycles. The largest absolute Gasteiger partial charge is 0.394 e. The lowest BCUT2D eigenvalue weighted by molar-refractivity contribution is -0.127. The first-order valence-electron chi connectivity index (χ1n) is 10.6. The topological polar surface area (TPSA) is 107 Å². The first-order chi connectivity index (χ1) is 14.2. The predicted molar refractivity (Wildman–Crippen MR) is 113 cm³/mol. The van der Waals surface area contributed by atoms with Crippen LogP contribution in [0.3, 0.4) is 0 Å². The summed E-state index contributed by atoms with van der Waals surface area (Å²) in [4.78, 5) is 26.3. The van der Waals surface area contributed by atoms with E-state index in [9.17, 15) is 23.1 Å². The van der Waals surface area contributed by atoms with Crippen LogP contribution in [0.1, 0.15) is 39.5 Å². The fraction of sp³-hybridized carbons (Fsp3) is 0.619. The number of rotatable bonds is 7. The predicted octanol–water partition coefficient (Wildman–Crippen LogP) is 1.35. The molecule has 1 aromatic rings. The number of nitrogens with one attached hydrogen (secondary N) is 1. The van der Waals surface area contributed by atoms with E-state index in [4.69, 9.17) is 0 Å². The Bertz CT molecular complexity index is 869. The molecule has 0 aromatic heterocycles. The summed E-state index contributed by atoms with van der Waals surface area (Å²) in [5.41, 5.74) is 0.705. The summed E-state index contributed by atoms with van der Waals surface area (Å²) in [6, 6.07) is 6.05. The molecular weight excluding hydrogens is 406 g/mol. The second kappa shape index (κ2) is 9.45. The van der Waals surface area contributed by atoms with E-state index in [2.05, 4.69) is 5.32 Å². The summed E-state index contributed by atoms with van der Waals surface area (Å²) >= 11 is 0. The number of aliphatic hydroxyl groups is 1. The number of carbonyl (C=O) groups is 2. The van der Waals surface area contributed by atoms with Crippen molar-refractivity contribution >= 4 is 27.5 Å². The quantitative estimate of drug-likeness (QED) is 0.670. The normalized spacial score (nSPS) is 21.8. The van der Waals surface area contributed by atoms with Crippen molar-refractivity contribution in [3.63, 3.8) is 0 Å². The molecule has 8 nitrogen and oxygen atoms in total. The number of amides is 2. The summed E-state index contributed by atoms with van der Waals surface area (Å²) in [6.45, 7) is 4.82. The Kier molecular flexibility index (Phi) is 7.15. The molecule has 9 heteroatoms. The molecule has 0 radical (unpaired) electrons. The van der Waals surface area contributed by atoms with Crippen molar-refractivity contribution in [2.75, 3.05) is 31.1 Å². The zero-order valence-corrected chi connectivity index (χ0v) is 18.4. The Hall–Kier alpha value is -1.97. The molecule has 1 unspecified atom stereocenters. The van der Waals surface area contributed by atoms with Gasteiger partial charge in [0.05, 0.1) is 23.5 Å². The SMILES string of the molecule is CC(C)[C@@H](CO)NC(=O)C1CCCN(S(=O)(=O)c2ccc(N3CCCC3=O)cc2)C1. The molecule has 2 aliphatic heterocycles. The van der Waals surface area contributed by atoms with Gasteiger partial charge in [-0.3, -0.25) is 9.59 Å². The second-order valence-corrected chi connectivity index (χ2v) is 10.3. The monoisotopic (exact) mass is 437 g/mol. The Morgan fingerprint density at radius 1 is 1.20 bits per heavy atom. The van der Waals surface area contributed by atoms with Crippen molar-refractivity contribution in [1.82, 2.24) is 9.62 Å². The van der Waals surface area contributed by atoms with Crippen LogP contribution in [0.4, 0.5) is 5.69 Å². The van der Waals surface area contributed by atoms with Gasteiger partial charge >= 0.3 is 0 Å². The Morgan fingerprint density at radius 2 is 1.90 bits per heavy atom. The highest BCUT2D eigenvalue weighted by Gasteiger charge is 2.34. The Balaban J connectivity index is 1.69. The average molecular weight is 438 g/mol. The molecule has 0 spiro atoms. The number of anilines is 1. The fourth-order valence-electron chi connectivity index (χ4n) is 3.97. The van der Waals surface area contributed by atoms with Gasteiger partial charge in [-0.2, -0.15) is 4.31 Å². The third-order valence-electron chi connectivity index (χ3n) is 5.94. The van der Waals surface area contributed by atoms with Gasteiger partial charge in [0.1, 0.15) is 0 Å². The molecule has 30 heavy (non-hydrogen) atoms. The van der Waals surface area contributed by atoms with Gasteiger partial charge in [-0.15, -0.1) is 0 Å². The Labute approximate surface area is 178 Å². The molecule has 2 amide bonds. The van der Waals surface area contributed by atoms with Gasteiger partial charge < -0.3 is 15.3 Å². The molecule has 0 bridgehead atoms. The van der Waals surface area contributed by atoms with Crippen molar-refractivity contribution in [1.29, 1.82) is 0 Å². The summed E-state index contributed by atoms with van der Waals surface area (Å²) in [7, 11) is -3.73. The summed E-state index contributed by atoms with van der Waals surface area (Å²) in [5.74, 6) is -0.519. The maximum Gasteiger partial charge on any atom is 0.243 e. The second-order valence-electron chi connectivity index (χ2n) is 8.39. The zero-order chi connectivity index (χ0) is 21.9. The minimum atomic E-state index is -3.73. The van der Waals surface area contributed by atoms with Crippen LogP contribution in [0.5, 0.6) is 0 Å². The van der Waals surface area contributed by atoms with Crippen molar-refractivity contribution in [2.24, 2.45) is 11.8 Å². The standard InChI is InChI=1S/C21H31N3O5S/c1-15(2)19(14-25)22-21(27)16-5-3-11-23(13-16)30(28,29)18-9-7-17(8-10-18)24-12-4-6-20(24)26/h7-10,15-16,19,25H,3-6,11-14H2,1-2H3,(H,22,27)/t16?,19-/m1/s1. The molecule has 2 aliphatic rings. The summed E-state index contributed by atoms with van der Waals surface area (Å²) < 4.78 is 27.6. The van der Waals surface area contributed by atoms with Crippen LogP contribution < -0.4 is 10.2 Å². The van der Waals surface area contributed by atoms with Gasteiger partial charge in [0.2, 0.25) is 21.8 Å². The number of sulfonamides is 1. The summed E-state index contributed by atoms with van der Waals surface area (Å²) in [6.07, 6.45) is 2.54. The number of carbonyl (C=O) groups excluding carboxylic acids is 2. The molecule has 0 saturated carbocycles. The Morgan fingerprint density at radius 3 is 2.47 bits per heavy atom. The molecular formula is C21H31N3O5S. The van der Waals surface area contributed by atoms with E-state index in [1.165, 1.54) is 16.4 Å². The zero-order valence-electron chi connectivity index (χ0n) is 17.6. The highest BCUT2D eigenvalue weighted by atomic mass is 32.2. The first-order valence-corrected chi connectivity index (χ1v) is 12.0. The number of nitrogens with zero attached hydrogens (tertiary/aromatic N) is 2. The molecule has 2 fully saturated rings. The van der Waals surface area contributed by atoms with Crippen molar-refractivity contribution < 1.29 is 23.1 Å². The van der Waals surface area contributed by atoms with Crippen LogP contribution in [-0.4, -0.2) is 61.9 Å². The first kappa shape index (κ1) is 22.7. The highest BCUT2D eigenvalue weighted by molar-refractivity contribution is 7.89. The minimum Gasteiger partial charge on any atom is -0.394 e. The fourth-order valence-corrected chi connectivity index (χ4v) is 5.49. The van der Waals surface area contributed by atoms with Gasteiger partial charge in [0.25, 0.3) is 0 Å². The van der Waals surface area contributed by atoms with E-state index in [0.29, 0.717) is 38.0 Å². The van der Waals surface area contributed by atoms with Crippen molar-refractivity contribution in [2.45, 2.75) is 50.5 Å². The van der Waals surface area contributed by atoms with Crippen molar-refractivity contribution in [3.8, 4) is 0 Å². The average Bonchev–Trinajstić information content (AvgIpc) is 3.17. The van der Waals surface area contributed by atoms with E-state index < -0.39 is 15.9 Å². The molecule has 2 heterocycles. The van der Waals surface area contributed by atoms with Crippen LogP contribution in [0.2, 0.25) is 0 Å². The highest BCUT2D eigenvalue weighted by Crippen LogP contribution is 2.27. The summed E-state index contributed by atoms with van der Waals surface area (Å²) in [5, 5.41) is 12.3. The van der Waals surface area contributed by atoms with Crippen LogP contribution in [0.25, 0.3) is 0 Å². The van der Waals surface area contributed by atoms with Crippen molar-refractivity contribution in [3.05, 3.63) is 24.3 Å². The maximum absolute atomic E-state index is 13.1. The number of hydrogen-bond acceptors (Lipinski definition) is 5. The lowest BCUT2D eigenvalue weighted by Crippen LogP contribution is -2.49. The molecule has 2 N–H and O–H groups in total. The van der Waals surface area contributed by atoms with Gasteiger partial charge in [0.15, 0.2) is 0 Å².